The molecule has 8 rings (SSSR count). The van der Waals surface area contributed by atoms with E-state index in [4.69, 9.17) is 15.0 Å². The van der Waals surface area contributed by atoms with Gasteiger partial charge in [-0.3, -0.25) is 0 Å². The van der Waals surface area contributed by atoms with E-state index in [1.54, 1.807) is 11.3 Å². The molecule has 8 aromatic rings. The molecule has 40 heavy (non-hydrogen) atoms. The lowest BCUT2D eigenvalue weighted by Crippen LogP contribution is -2.01. The third-order valence-electron chi connectivity index (χ3n) is 7.32. The van der Waals surface area contributed by atoms with Gasteiger partial charge < -0.3 is 4.57 Å². The maximum Gasteiger partial charge on any atom is 0.164 e. The Hall–Kier alpha value is -5.13. The molecule has 5 aromatic carbocycles. The van der Waals surface area contributed by atoms with Crippen LogP contribution in [0.25, 0.3) is 71.7 Å². The molecule has 0 bridgehead atoms. The number of rotatable bonds is 4. The van der Waals surface area contributed by atoms with Gasteiger partial charge in [0.1, 0.15) is 0 Å². The van der Waals surface area contributed by atoms with Gasteiger partial charge >= 0.3 is 0 Å². The predicted octanol–water partition coefficient (Wildman–Crippen LogP) is 9.18. The van der Waals surface area contributed by atoms with Gasteiger partial charge in [-0.2, -0.15) is 0 Å². The van der Waals surface area contributed by atoms with Crippen molar-refractivity contribution in [3.05, 3.63) is 133 Å². The zero-order valence-electron chi connectivity index (χ0n) is 21.4. The summed E-state index contributed by atoms with van der Waals surface area (Å²) in [7, 11) is 0. The van der Waals surface area contributed by atoms with E-state index >= 15 is 0 Å². The van der Waals surface area contributed by atoms with Gasteiger partial charge in [0, 0.05) is 33.2 Å². The molecule has 0 saturated heterocycles. The van der Waals surface area contributed by atoms with Gasteiger partial charge in [0.25, 0.3) is 0 Å². The monoisotopic (exact) mass is 530 g/mol. The molecule has 0 spiro atoms. The third-order valence-corrected chi connectivity index (χ3v) is 8.25. The molecule has 0 radical (unpaired) electrons. The predicted molar refractivity (Wildman–Crippen MR) is 166 cm³/mol. The summed E-state index contributed by atoms with van der Waals surface area (Å²) in [6.07, 6.45) is 0. The van der Waals surface area contributed by atoms with E-state index in [-0.39, 0.29) is 0 Å². The molecule has 0 aliphatic carbocycles. The lowest BCUT2D eigenvalue weighted by molar-refractivity contribution is 1.07. The standard InChI is InChI=1S/C35H22N4S/c1-3-10-24(11-4-1)33-36-34(25-12-5-2-6-13-25)38-35(37-33)26-14-9-15-27(22-26)39-30-17-8-7-16-28(30)29-19-18-23-20-21-40-32(23)31(29)39/h1-22H. The Morgan fingerprint density at radius 2 is 1.12 bits per heavy atom. The zero-order chi connectivity index (χ0) is 26.5. The topological polar surface area (TPSA) is 43.6 Å². The quantitative estimate of drug-likeness (QED) is 0.228. The molecule has 0 saturated carbocycles. The van der Waals surface area contributed by atoms with Crippen LogP contribution in [0.2, 0.25) is 0 Å². The van der Waals surface area contributed by atoms with Crippen LogP contribution in [0.15, 0.2) is 133 Å². The minimum absolute atomic E-state index is 0.650. The van der Waals surface area contributed by atoms with Gasteiger partial charge in [0.15, 0.2) is 17.5 Å². The van der Waals surface area contributed by atoms with E-state index in [0.717, 1.165) is 22.4 Å². The molecular formula is C35H22N4S. The van der Waals surface area contributed by atoms with Crippen molar-refractivity contribution in [2.45, 2.75) is 0 Å². The molecule has 0 amide bonds. The van der Waals surface area contributed by atoms with Gasteiger partial charge in [-0.1, -0.05) is 103 Å². The molecule has 5 heteroatoms. The first-order valence-electron chi connectivity index (χ1n) is 13.2. The smallest absolute Gasteiger partial charge is 0.164 e. The van der Waals surface area contributed by atoms with Crippen LogP contribution < -0.4 is 0 Å². The highest BCUT2D eigenvalue weighted by Gasteiger charge is 2.17. The van der Waals surface area contributed by atoms with E-state index in [2.05, 4.69) is 76.7 Å². The van der Waals surface area contributed by atoms with Crippen molar-refractivity contribution in [1.82, 2.24) is 19.5 Å². The van der Waals surface area contributed by atoms with Gasteiger partial charge in [-0.15, -0.1) is 11.3 Å². The Bertz CT molecular complexity index is 2100. The fourth-order valence-corrected chi connectivity index (χ4v) is 6.40. The summed E-state index contributed by atoms with van der Waals surface area (Å²) in [5.41, 5.74) is 6.35. The van der Waals surface area contributed by atoms with Crippen molar-refractivity contribution in [3.63, 3.8) is 0 Å². The fraction of sp³-hybridized carbons (Fsp3) is 0. The highest BCUT2D eigenvalue weighted by Crippen LogP contribution is 2.39. The van der Waals surface area contributed by atoms with E-state index in [1.807, 2.05) is 60.7 Å². The summed E-state index contributed by atoms with van der Waals surface area (Å²) < 4.78 is 3.67. The molecule has 3 aromatic heterocycles. The summed E-state index contributed by atoms with van der Waals surface area (Å²) in [6.45, 7) is 0. The molecule has 0 aliphatic rings. The van der Waals surface area contributed by atoms with Crippen LogP contribution in [0.3, 0.4) is 0 Å². The van der Waals surface area contributed by atoms with Crippen molar-refractivity contribution in [1.29, 1.82) is 0 Å². The third kappa shape index (κ3) is 3.71. The number of nitrogens with zero attached hydrogens (tertiary/aromatic N) is 4. The van der Waals surface area contributed by atoms with Crippen molar-refractivity contribution >= 4 is 43.2 Å². The molecule has 0 N–H and O–H groups in total. The van der Waals surface area contributed by atoms with Crippen LogP contribution in [0.5, 0.6) is 0 Å². The molecule has 3 heterocycles. The highest BCUT2D eigenvalue weighted by atomic mass is 32.1. The van der Waals surface area contributed by atoms with Crippen molar-refractivity contribution < 1.29 is 0 Å². The van der Waals surface area contributed by atoms with Crippen LogP contribution in [0.4, 0.5) is 0 Å². The second-order valence-corrected chi connectivity index (χ2v) is 10.7. The Morgan fingerprint density at radius 1 is 0.500 bits per heavy atom. The van der Waals surface area contributed by atoms with Crippen molar-refractivity contribution in [2.24, 2.45) is 0 Å². The van der Waals surface area contributed by atoms with E-state index in [1.165, 1.54) is 31.9 Å². The fourth-order valence-electron chi connectivity index (χ4n) is 5.46. The van der Waals surface area contributed by atoms with Crippen LogP contribution in [-0.4, -0.2) is 19.5 Å². The zero-order valence-corrected chi connectivity index (χ0v) is 22.2. The average Bonchev–Trinajstić information content (AvgIpc) is 3.65. The molecule has 4 nitrogen and oxygen atoms in total. The van der Waals surface area contributed by atoms with Crippen molar-refractivity contribution in [3.8, 4) is 39.9 Å². The molecule has 0 aliphatic heterocycles. The Labute approximate surface area is 234 Å². The maximum absolute atomic E-state index is 4.96. The molecule has 0 atom stereocenters. The molecule has 0 unspecified atom stereocenters. The van der Waals surface area contributed by atoms with Crippen molar-refractivity contribution in [2.75, 3.05) is 0 Å². The number of para-hydroxylation sites is 1. The number of hydrogen-bond donors (Lipinski definition) is 0. The highest BCUT2D eigenvalue weighted by molar-refractivity contribution is 7.18. The minimum atomic E-state index is 0.650. The number of aromatic nitrogens is 4. The van der Waals surface area contributed by atoms with Crippen LogP contribution in [0.1, 0.15) is 0 Å². The largest absolute Gasteiger partial charge is 0.308 e. The summed E-state index contributed by atoms with van der Waals surface area (Å²) >= 11 is 1.79. The Kier molecular flexibility index (Phi) is 5.28. The van der Waals surface area contributed by atoms with Crippen LogP contribution in [-0.2, 0) is 0 Å². The average molecular weight is 531 g/mol. The van der Waals surface area contributed by atoms with Crippen LogP contribution >= 0.6 is 11.3 Å². The lowest BCUT2D eigenvalue weighted by atomic mass is 10.1. The second kappa shape index (κ2) is 9.26. The number of thiophene rings is 1. The van der Waals surface area contributed by atoms with Gasteiger partial charge in [0.05, 0.1) is 15.7 Å². The maximum atomic E-state index is 4.96. The van der Waals surface area contributed by atoms with E-state index in [9.17, 15) is 0 Å². The second-order valence-electron chi connectivity index (χ2n) is 9.74. The van der Waals surface area contributed by atoms with Crippen LogP contribution in [0, 0.1) is 0 Å². The Morgan fingerprint density at radius 3 is 1.85 bits per heavy atom. The summed E-state index contributed by atoms with van der Waals surface area (Å²) in [6, 6.07) is 44.0. The summed E-state index contributed by atoms with van der Waals surface area (Å²) in [5, 5.41) is 5.93. The minimum Gasteiger partial charge on any atom is -0.308 e. The first-order chi connectivity index (χ1) is 19.8. The van der Waals surface area contributed by atoms with Gasteiger partial charge in [-0.05, 0) is 35.0 Å². The van der Waals surface area contributed by atoms with Gasteiger partial charge in [0.2, 0.25) is 0 Å². The lowest BCUT2D eigenvalue weighted by Gasteiger charge is -2.12. The number of benzene rings is 5. The molecular weight excluding hydrogens is 508 g/mol. The first kappa shape index (κ1) is 22.8. The normalized spacial score (nSPS) is 11.5. The summed E-state index contributed by atoms with van der Waals surface area (Å²) in [5.74, 6) is 1.97. The number of fused-ring (bicyclic) bond motifs is 5. The molecule has 188 valence electrons. The summed E-state index contributed by atoms with van der Waals surface area (Å²) in [4.78, 5) is 14.8. The van der Waals surface area contributed by atoms with Gasteiger partial charge in [-0.25, -0.2) is 15.0 Å². The van der Waals surface area contributed by atoms with E-state index in [0.29, 0.717) is 17.5 Å². The molecule has 0 fully saturated rings. The van der Waals surface area contributed by atoms with E-state index < -0.39 is 0 Å². The number of hydrogen-bond acceptors (Lipinski definition) is 4. The Balaban J connectivity index is 1.37. The SMILES string of the molecule is c1ccc(-c2nc(-c3ccccc3)nc(-c3cccc(-n4c5ccccc5c5ccc6ccsc6c54)c3)n2)cc1. The first-order valence-corrected chi connectivity index (χ1v) is 14.1.